The van der Waals surface area contributed by atoms with Gasteiger partial charge in [-0.3, -0.25) is 4.90 Å². The minimum Gasteiger partial charge on any atom is -0.480 e. The molecule has 1 aliphatic heterocycles. The lowest BCUT2D eigenvalue weighted by Gasteiger charge is -2.34. The van der Waals surface area contributed by atoms with Gasteiger partial charge in [0.25, 0.3) is 0 Å². The minimum atomic E-state index is -0.984. The lowest BCUT2D eigenvalue weighted by Crippen LogP contribution is -2.57. The average Bonchev–Trinajstić information content (AvgIpc) is 2.40. The summed E-state index contributed by atoms with van der Waals surface area (Å²) in [4.78, 5) is 24.4. The van der Waals surface area contributed by atoms with E-state index in [9.17, 15) is 9.59 Å². The van der Waals surface area contributed by atoms with E-state index in [0.29, 0.717) is 13.1 Å². The lowest BCUT2D eigenvalue weighted by molar-refractivity contribution is -0.143. The summed E-state index contributed by atoms with van der Waals surface area (Å²) in [5, 5.41) is 12.0. The maximum Gasteiger partial charge on any atom is 0.410 e. The molecule has 6 heteroatoms. The highest BCUT2D eigenvalue weighted by Crippen LogP contribution is 2.21. The number of carbonyl (C=O) groups excluding carboxylic acids is 1. The molecule has 0 radical (unpaired) electrons. The monoisotopic (exact) mass is 256 g/mol. The number of piperazine rings is 1. The summed E-state index contributed by atoms with van der Waals surface area (Å²) in [5.41, 5.74) is 0. The molecule has 2 aliphatic rings. The Hall–Kier alpha value is -1.30. The molecule has 18 heavy (non-hydrogen) atoms. The van der Waals surface area contributed by atoms with Gasteiger partial charge in [-0.05, 0) is 25.7 Å². The molecule has 0 aromatic heterocycles. The number of hydrogen-bond acceptors (Lipinski definition) is 4. The molecule has 0 aromatic carbocycles. The molecule has 1 saturated carbocycles. The number of aliphatic carboxylic acids is 1. The van der Waals surface area contributed by atoms with Crippen molar-refractivity contribution in [1.29, 1.82) is 0 Å². The molecule has 0 aromatic rings. The first-order valence-corrected chi connectivity index (χ1v) is 6.59. The van der Waals surface area contributed by atoms with E-state index in [-0.39, 0.29) is 12.6 Å². The highest BCUT2D eigenvalue weighted by Gasteiger charge is 2.34. The number of hydrogen-bond donors (Lipinski definition) is 2. The van der Waals surface area contributed by atoms with Gasteiger partial charge in [-0.1, -0.05) is 6.42 Å². The van der Waals surface area contributed by atoms with Crippen LogP contribution in [0.5, 0.6) is 0 Å². The van der Waals surface area contributed by atoms with Crippen LogP contribution in [0.25, 0.3) is 0 Å². The van der Waals surface area contributed by atoms with Crippen molar-refractivity contribution in [3.8, 4) is 0 Å². The van der Waals surface area contributed by atoms with Gasteiger partial charge in [0.15, 0.2) is 0 Å². The van der Waals surface area contributed by atoms with Crippen molar-refractivity contribution in [3.63, 3.8) is 0 Å². The average molecular weight is 256 g/mol. The van der Waals surface area contributed by atoms with Crippen LogP contribution >= 0.6 is 0 Å². The molecule has 1 amide bonds. The Kier molecular flexibility index (Phi) is 4.41. The minimum absolute atomic E-state index is 0.0319. The number of nitrogens with zero attached hydrogens (tertiary/aromatic N) is 1. The van der Waals surface area contributed by atoms with Crippen molar-refractivity contribution in [3.05, 3.63) is 0 Å². The Morgan fingerprint density at radius 1 is 1.22 bits per heavy atom. The largest absolute Gasteiger partial charge is 0.480 e. The van der Waals surface area contributed by atoms with Crippen LogP contribution in [0.1, 0.15) is 32.1 Å². The molecular formula is C12H20N2O4. The van der Waals surface area contributed by atoms with Crippen molar-refractivity contribution in [2.45, 2.75) is 44.2 Å². The summed E-state index contributed by atoms with van der Waals surface area (Å²) >= 11 is 0. The molecule has 2 fully saturated rings. The highest BCUT2D eigenvalue weighted by molar-refractivity contribution is 5.80. The molecule has 1 atom stereocenters. The lowest BCUT2D eigenvalue weighted by atomic mass is 9.98. The molecule has 2 N–H and O–H groups in total. The Morgan fingerprint density at radius 3 is 2.61 bits per heavy atom. The van der Waals surface area contributed by atoms with Gasteiger partial charge in [0.2, 0.25) is 0 Å². The predicted octanol–water partition coefficient (Wildman–Crippen LogP) is 0.814. The van der Waals surface area contributed by atoms with Crippen LogP contribution in [-0.4, -0.2) is 53.8 Å². The zero-order valence-corrected chi connectivity index (χ0v) is 10.4. The first-order valence-electron chi connectivity index (χ1n) is 6.59. The van der Waals surface area contributed by atoms with E-state index in [2.05, 4.69) is 5.32 Å². The molecular weight excluding hydrogens is 236 g/mol. The van der Waals surface area contributed by atoms with Gasteiger partial charge in [0.1, 0.15) is 12.1 Å². The third-order valence-electron chi connectivity index (χ3n) is 3.58. The van der Waals surface area contributed by atoms with E-state index in [1.165, 1.54) is 11.3 Å². The summed E-state index contributed by atoms with van der Waals surface area (Å²) in [6, 6.07) is -0.810. The van der Waals surface area contributed by atoms with Crippen molar-refractivity contribution < 1.29 is 19.4 Å². The third-order valence-corrected chi connectivity index (χ3v) is 3.58. The standard InChI is InChI=1S/C12H20N2O4/c15-11(16)10-8-13-6-7-14(10)12(17)18-9-4-2-1-3-5-9/h9-10,13H,1-8H2,(H,15,16). The number of amides is 1. The summed E-state index contributed by atoms with van der Waals surface area (Å²) in [7, 11) is 0. The maximum atomic E-state index is 12.0. The van der Waals surface area contributed by atoms with Gasteiger partial charge in [-0.25, -0.2) is 9.59 Å². The van der Waals surface area contributed by atoms with E-state index in [1.807, 2.05) is 0 Å². The van der Waals surface area contributed by atoms with Crippen molar-refractivity contribution >= 4 is 12.1 Å². The fraction of sp³-hybridized carbons (Fsp3) is 0.833. The molecule has 6 nitrogen and oxygen atoms in total. The molecule has 1 heterocycles. The SMILES string of the molecule is O=C(O)C1CNCCN1C(=O)OC1CCCCC1. The van der Waals surface area contributed by atoms with E-state index in [4.69, 9.17) is 9.84 Å². The number of carboxylic acids is 1. The van der Waals surface area contributed by atoms with Gasteiger partial charge in [-0.2, -0.15) is 0 Å². The second kappa shape index (κ2) is 6.04. The first-order chi connectivity index (χ1) is 8.68. The highest BCUT2D eigenvalue weighted by atomic mass is 16.6. The zero-order valence-electron chi connectivity index (χ0n) is 10.4. The molecule has 0 spiro atoms. The summed E-state index contributed by atoms with van der Waals surface area (Å²) < 4.78 is 5.41. The van der Waals surface area contributed by atoms with Crippen LogP contribution in [0.2, 0.25) is 0 Å². The second-order valence-electron chi connectivity index (χ2n) is 4.90. The summed E-state index contributed by atoms with van der Waals surface area (Å²) in [6.07, 6.45) is 4.65. The summed E-state index contributed by atoms with van der Waals surface area (Å²) in [5.74, 6) is -0.984. The zero-order chi connectivity index (χ0) is 13.0. The van der Waals surface area contributed by atoms with Crippen LogP contribution < -0.4 is 5.32 Å². The Balaban J connectivity index is 1.91. The van der Waals surface area contributed by atoms with Gasteiger partial charge in [-0.15, -0.1) is 0 Å². The fourth-order valence-corrected chi connectivity index (χ4v) is 2.54. The van der Waals surface area contributed by atoms with Crippen LogP contribution in [0.15, 0.2) is 0 Å². The molecule has 1 unspecified atom stereocenters. The molecule has 0 bridgehead atoms. The van der Waals surface area contributed by atoms with Crippen LogP contribution in [0.3, 0.4) is 0 Å². The fourth-order valence-electron chi connectivity index (χ4n) is 2.54. The smallest absolute Gasteiger partial charge is 0.410 e. The van der Waals surface area contributed by atoms with Gasteiger partial charge in [0.05, 0.1) is 0 Å². The van der Waals surface area contributed by atoms with E-state index >= 15 is 0 Å². The van der Waals surface area contributed by atoms with Crippen molar-refractivity contribution in [2.75, 3.05) is 19.6 Å². The number of carbonyl (C=O) groups is 2. The van der Waals surface area contributed by atoms with Gasteiger partial charge >= 0.3 is 12.1 Å². The predicted molar refractivity (Wildman–Crippen MR) is 64.4 cm³/mol. The molecule has 1 saturated heterocycles. The van der Waals surface area contributed by atoms with E-state index < -0.39 is 18.1 Å². The van der Waals surface area contributed by atoms with Crippen molar-refractivity contribution in [2.24, 2.45) is 0 Å². The van der Waals surface area contributed by atoms with E-state index in [0.717, 1.165) is 25.7 Å². The van der Waals surface area contributed by atoms with Gasteiger partial charge < -0.3 is 15.2 Å². The quantitative estimate of drug-likeness (QED) is 0.764. The number of nitrogens with one attached hydrogen (secondary N) is 1. The Labute approximate surface area is 106 Å². The molecule has 1 aliphatic carbocycles. The normalized spacial score (nSPS) is 25.8. The Morgan fingerprint density at radius 2 is 1.94 bits per heavy atom. The van der Waals surface area contributed by atoms with Crippen LogP contribution in [0, 0.1) is 0 Å². The number of rotatable bonds is 2. The topological polar surface area (TPSA) is 78.9 Å². The summed E-state index contributed by atoms with van der Waals surface area (Å²) in [6.45, 7) is 1.29. The van der Waals surface area contributed by atoms with E-state index in [1.54, 1.807) is 0 Å². The van der Waals surface area contributed by atoms with Crippen molar-refractivity contribution in [1.82, 2.24) is 10.2 Å². The number of carboxylic acid groups (broad SMARTS) is 1. The molecule has 102 valence electrons. The molecule has 2 rings (SSSR count). The van der Waals surface area contributed by atoms with Crippen LogP contribution in [-0.2, 0) is 9.53 Å². The van der Waals surface area contributed by atoms with Crippen LogP contribution in [0.4, 0.5) is 4.79 Å². The number of ether oxygens (including phenoxy) is 1. The first kappa shape index (κ1) is 13.1. The maximum absolute atomic E-state index is 12.0. The Bertz CT molecular complexity index is 315. The third kappa shape index (κ3) is 3.13. The second-order valence-corrected chi connectivity index (χ2v) is 4.90. The van der Waals surface area contributed by atoms with Gasteiger partial charge in [0, 0.05) is 19.6 Å².